The Labute approximate surface area is 123 Å². The second-order valence-electron chi connectivity index (χ2n) is 5.13. The molecule has 1 aromatic carbocycles. The molecular formula is C15H22F3NO2. The van der Waals surface area contributed by atoms with Crippen molar-refractivity contribution in [2.75, 3.05) is 19.7 Å². The van der Waals surface area contributed by atoms with Crippen LogP contribution in [0.1, 0.15) is 32.4 Å². The highest BCUT2D eigenvalue weighted by Gasteiger charge is 2.33. The first-order chi connectivity index (χ1) is 9.74. The molecule has 0 saturated heterocycles. The quantitative estimate of drug-likeness (QED) is 0.838. The zero-order valence-electron chi connectivity index (χ0n) is 12.5. The molecule has 120 valence electrons. The van der Waals surface area contributed by atoms with Crippen molar-refractivity contribution in [1.82, 2.24) is 4.90 Å². The van der Waals surface area contributed by atoms with Crippen molar-refractivity contribution in [3.05, 3.63) is 29.8 Å². The van der Waals surface area contributed by atoms with E-state index < -0.39 is 18.8 Å². The Bertz CT molecular complexity index is 435. The monoisotopic (exact) mass is 305 g/mol. The van der Waals surface area contributed by atoms with Gasteiger partial charge in [0.05, 0.1) is 19.3 Å². The van der Waals surface area contributed by atoms with Crippen LogP contribution in [0.15, 0.2) is 24.3 Å². The molecule has 0 amide bonds. The van der Waals surface area contributed by atoms with Crippen molar-refractivity contribution < 1.29 is 23.0 Å². The molecule has 21 heavy (non-hydrogen) atoms. The maximum atomic E-state index is 12.6. The van der Waals surface area contributed by atoms with Crippen LogP contribution in [0.5, 0.6) is 5.75 Å². The Balaban J connectivity index is 2.84. The molecule has 1 rings (SSSR count). The van der Waals surface area contributed by atoms with Crippen LogP contribution in [0.2, 0.25) is 0 Å². The van der Waals surface area contributed by atoms with Crippen molar-refractivity contribution in [2.45, 2.75) is 39.1 Å². The van der Waals surface area contributed by atoms with Crippen LogP contribution in [-0.2, 0) is 0 Å². The van der Waals surface area contributed by atoms with Gasteiger partial charge in [0.25, 0.3) is 0 Å². The minimum absolute atomic E-state index is 0.0960. The number of aliphatic hydroxyl groups excluding tert-OH is 1. The molecule has 0 radical (unpaired) electrons. The fourth-order valence-electron chi connectivity index (χ4n) is 2.05. The van der Waals surface area contributed by atoms with Gasteiger partial charge < -0.3 is 9.84 Å². The summed E-state index contributed by atoms with van der Waals surface area (Å²) in [5.74, 6) is 0.503. The van der Waals surface area contributed by atoms with Crippen LogP contribution in [0.3, 0.4) is 0 Å². The van der Waals surface area contributed by atoms with E-state index in [2.05, 4.69) is 0 Å². The largest absolute Gasteiger partial charge is 0.493 e. The lowest BCUT2D eigenvalue weighted by atomic mass is 10.1. The van der Waals surface area contributed by atoms with E-state index >= 15 is 0 Å². The van der Waals surface area contributed by atoms with Gasteiger partial charge in [-0.05, 0) is 26.8 Å². The Hall–Kier alpha value is -1.27. The number of benzene rings is 1. The molecule has 0 aromatic heterocycles. The van der Waals surface area contributed by atoms with Gasteiger partial charge in [-0.2, -0.15) is 13.2 Å². The molecule has 0 saturated carbocycles. The zero-order valence-corrected chi connectivity index (χ0v) is 12.5. The molecule has 3 nitrogen and oxygen atoms in total. The summed E-state index contributed by atoms with van der Waals surface area (Å²) < 4.78 is 43.1. The number of rotatable bonds is 7. The normalized spacial score (nSPS) is 13.8. The van der Waals surface area contributed by atoms with Crippen LogP contribution >= 0.6 is 0 Å². The van der Waals surface area contributed by atoms with E-state index in [1.165, 1.54) is 4.90 Å². The van der Waals surface area contributed by atoms with Crippen LogP contribution < -0.4 is 4.74 Å². The number of halogens is 3. The summed E-state index contributed by atoms with van der Waals surface area (Å²) in [5, 5.41) is 10.3. The summed E-state index contributed by atoms with van der Waals surface area (Å²) in [7, 11) is 0. The van der Waals surface area contributed by atoms with Gasteiger partial charge in [0.15, 0.2) is 0 Å². The van der Waals surface area contributed by atoms with Crippen LogP contribution in [-0.4, -0.2) is 41.9 Å². The van der Waals surface area contributed by atoms with Gasteiger partial charge in [0.2, 0.25) is 0 Å². The summed E-state index contributed by atoms with van der Waals surface area (Å²) in [6.07, 6.45) is -5.32. The SMILES string of the molecule is CCOc1ccccc1C(O)CN(CC(F)(F)F)C(C)C. The number of hydrogen-bond acceptors (Lipinski definition) is 3. The third-order valence-electron chi connectivity index (χ3n) is 3.10. The molecule has 1 N–H and O–H groups in total. The first kappa shape index (κ1) is 17.8. The van der Waals surface area contributed by atoms with E-state index in [9.17, 15) is 18.3 Å². The number of ether oxygens (including phenoxy) is 1. The molecule has 0 aliphatic heterocycles. The highest BCUT2D eigenvalue weighted by molar-refractivity contribution is 5.35. The van der Waals surface area contributed by atoms with E-state index in [0.717, 1.165) is 0 Å². The molecule has 1 aromatic rings. The molecule has 0 aliphatic carbocycles. The highest BCUT2D eigenvalue weighted by Crippen LogP contribution is 2.27. The number of alkyl halides is 3. The maximum absolute atomic E-state index is 12.6. The predicted molar refractivity (Wildman–Crippen MR) is 75.3 cm³/mol. The second kappa shape index (κ2) is 7.66. The molecule has 6 heteroatoms. The van der Waals surface area contributed by atoms with Crippen molar-refractivity contribution in [3.8, 4) is 5.75 Å². The number of para-hydroxylation sites is 1. The summed E-state index contributed by atoms with van der Waals surface area (Å²) >= 11 is 0. The minimum atomic E-state index is -4.29. The molecule has 1 atom stereocenters. The lowest BCUT2D eigenvalue weighted by molar-refractivity contribution is -0.152. The Morgan fingerprint density at radius 3 is 2.38 bits per heavy atom. The van der Waals surface area contributed by atoms with Gasteiger partial charge >= 0.3 is 6.18 Å². The van der Waals surface area contributed by atoms with Gasteiger partial charge in [-0.3, -0.25) is 4.90 Å². The van der Waals surface area contributed by atoms with Gasteiger partial charge in [0, 0.05) is 18.2 Å². The molecule has 0 aliphatic rings. The molecule has 0 fully saturated rings. The molecule has 0 spiro atoms. The zero-order chi connectivity index (χ0) is 16.0. The van der Waals surface area contributed by atoms with Crippen molar-refractivity contribution in [3.63, 3.8) is 0 Å². The smallest absolute Gasteiger partial charge is 0.401 e. The number of hydrogen-bond donors (Lipinski definition) is 1. The van der Waals surface area contributed by atoms with Crippen LogP contribution in [0, 0.1) is 0 Å². The Kier molecular flexibility index (Phi) is 6.48. The maximum Gasteiger partial charge on any atom is 0.401 e. The summed E-state index contributed by atoms with van der Waals surface area (Å²) in [6.45, 7) is 4.45. The van der Waals surface area contributed by atoms with E-state index in [1.54, 1.807) is 38.1 Å². The first-order valence-corrected chi connectivity index (χ1v) is 6.95. The molecule has 1 unspecified atom stereocenters. The first-order valence-electron chi connectivity index (χ1n) is 6.95. The molecule has 0 bridgehead atoms. The van der Waals surface area contributed by atoms with Gasteiger partial charge in [-0.15, -0.1) is 0 Å². The van der Waals surface area contributed by atoms with Crippen molar-refractivity contribution in [2.24, 2.45) is 0 Å². The van der Waals surface area contributed by atoms with E-state index in [1.807, 2.05) is 6.92 Å². The van der Waals surface area contributed by atoms with E-state index in [0.29, 0.717) is 17.9 Å². The number of aliphatic hydroxyl groups is 1. The summed E-state index contributed by atoms with van der Waals surface area (Å²) in [5.41, 5.74) is 0.507. The van der Waals surface area contributed by atoms with E-state index in [4.69, 9.17) is 4.74 Å². The Morgan fingerprint density at radius 2 is 1.86 bits per heavy atom. The summed E-state index contributed by atoms with van der Waals surface area (Å²) in [6, 6.07) is 6.54. The molecular weight excluding hydrogens is 283 g/mol. The number of nitrogens with zero attached hydrogens (tertiary/aromatic N) is 1. The third-order valence-corrected chi connectivity index (χ3v) is 3.10. The fourth-order valence-corrected chi connectivity index (χ4v) is 2.05. The van der Waals surface area contributed by atoms with Gasteiger partial charge in [0.1, 0.15) is 5.75 Å². The van der Waals surface area contributed by atoms with Gasteiger partial charge in [-0.25, -0.2) is 0 Å². The topological polar surface area (TPSA) is 32.7 Å². The van der Waals surface area contributed by atoms with Crippen LogP contribution in [0.25, 0.3) is 0 Å². The molecule has 0 heterocycles. The average Bonchev–Trinajstić information content (AvgIpc) is 2.37. The van der Waals surface area contributed by atoms with Crippen molar-refractivity contribution >= 4 is 0 Å². The summed E-state index contributed by atoms with van der Waals surface area (Å²) in [4.78, 5) is 1.20. The van der Waals surface area contributed by atoms with E-state index in [-0.39, 0.29) is 12.6 Å². The standard InChI is InChI=1S/C15H22F3NO2/c1-4-21-14-8-6-5-7-12(14)13(20)9-19(11(2)3)10-15(16,17)18/h5-8,11,13,20H,4,9-10H2,1-3H3. The second-order valence-corrected chi connectivity index (χ2v) is 5.13. The Morgan fingerprint density at radius 1 is 1.24 bits per heavy atom. The lowest BCUT2D eigenvalue weighted by Crippen LogP contribution is -2.41. The predicted octanol–water partition coefficient (Wildman–Crippen LogP) is 3.39. The fraction of sp³-hybridized carbons (Fsp3) is 0.600. The van der Waals surface area contributed by atoms with Crippen molar-refractivity contribution in [1.29, 1.82) is 0 Å². The van der Waals surface area contributed by atoms with Crippen LogP contribution in [0.4, 0.5) is 13.2 Å². The lowest BCUT2D eigenvalue weighted by Gasteiger charge is -2.30. The third kappa shape index (κ3) is 5.93. The van der Waals surface area contributed by atoms with Gasteiger partial charge in [-0.1, -0.05) is 18.2 Å². The highest BCUT2D eigenvalue weighted by atomic mass is 19.4. The minimum Gasteiger partial charge on any atom is -0.493 e. The average molecular weight is 305 g/mol.